The molecule has 4 N–H and O–H groups in total. The zero-order valence-electron chi connectivity index (χ0n) is 25.2. The molecule has 47 heavy (non-hydrogen) atoms. The van der Waals surface area contributed by atoms with E-state index in [0.29, 0.717) is 48.9 Å². The third-order valence-electron chi connectivity index (χ3n) is 9.38. The van der Waals surface area contributed by atoms with Crippen molar-refractivity contribution >= 4 is 5.91 Å². The van der Waals surface area contributed by atoms with Crippen LogP contribution in [0.15, 0.2) is 60.9 Å². The van der Waals surface area contributed by atoms with E-state index in [1.165, 1.54) is 41.2 Å². The van der Waals surface area contributed by atoms with E-state index in [1.54, 1.807) is 34.0 Å². The second-order valence-corrected chi connectivity index (χ2v) is 12.5. The van der Waals surface area contributed by atoms with Crippen LogP contribution >= 0.6 is 0 Å². The summed E-state index contributed by atoms with van der Waals surface area (Å²) in [6.07, 6.45) is -0.650. The first-order valence-corrected chi connectivity index (χ1v) is 15.7. The van der Waals surface area contributed by atoms with Crippen molar-refractivity contribution < 1.29 is 38.7 Å². The lowest BCUT2D eigenvalue weighted by Gasteiger charge is -2.46. The Morgan fingerprint density at radius 1 is 0.851 bits per heavy atom. The van der Waals surface area contributed by atoms with Crippen molar-refractivity contribution in [3.8, 4) is 22.5 Å². The maximum atomic E-state index is 14.3. The number of benzene rings is 2. The van der Waals surface area contributed by atoms with Crippen molar-refractivity contribution in [2.24, 2.45) is 0 Å². The van der Waals surface area contributed by atoms with E-state index >= 15 is 0 Å². The number of aliphatic hydroxyl groups is 4. The van der Waals surface area contributed by atoms with Crippen LogP contribution in [0, 0.1) is 11.6 Å². The summed E-state index contributed by atoms with van der Waals surface area (Å²) in [4.78, 5) is 15.9. The summed E-state index contributed by atoms with van der Waals surface area (Å²) in [6, 6.07) is 9.09. The van der Waals surface area contributed by atoms with Gasteiger partial charge in [-0.1, -0.05) is 34.7 Å². The number of carbonyl (C=O) groups excluding carboxylic acids is 1. The molecule has 15 heteroatoms. The minimum atomic E-state index is -1.61. The highest BCUT2D eigenvalue weighted by atomic mass is 19.1. The van der Waals surface area contributed by atoms with Gasteiger partial charge in [-0.25, -0.2) is 18.1 Å². The molecule has 3 fully saturated rings. The lowest BCUT2D eigenvalue weighted by Crippen LogP contribution is -2.63. The van der Waals surface area contributed by atoms with Crippen molar-refractivity contribution in [3.63, 3.8) is 0 Å². The Labute approximate surface area is 268 Å². The predicted molar refractivity (Wildman–Crippen MR) is 160 cm³/mol. The van der Waals surface area contributed by atoms with Crippen LogP contribution in [0.3, 0.4) is 0 Å². The second kappa shape index (κ2) is 12.8. The summed E-state index contributed by atoms with van der Waals surface area (Å²) in [5, 5.41) is 61.0. The fraction of sp³-hybridized carbons (Fsp3) is 0.469. The van der Waals surface area contributed by atoms with E-state index in [9.17, 15) is 34.0 Å². The molecular formula is C32H35F2N7O6. The Morgan fingerprint density at radius 2 is 1.47 bits per heavy atom. The number of aromatic nitrogens is 6. The van der Waals surface area contributed by atoms with Gasteiger partial charge in [0, 0.05) is 17.2 Å². The fourth-order valence-corrected chi connectivity index (χ4v) is 6.88. The van der Waals surface area contributed by atoms with Crippen LogP contribution in [0.4, 0.5) is 8.78 Å². The topological polar surface area (TPSA) is 172 Å². The molecule has 0 unspecified atom stereocenters. The third-order valence-corrected chi connectivity index (χ3v) is 9.38. The van der Waals surface area contributed by atoms with Gasteiger partial charge < -0.3 is 30.1 Å². The number of aliphatic hydroxyl groups excluding tert-OH is 4. The summed E-state index contributed by atoms with van der Waals surface area (Å²) in [5.74, 6) is -1.46. The number of rotatable bonds is 8. The molecule has 3 heterocycles. The minimum absolute atomic E-state index is 0.195. The highest BCUT2D eigenvalue weighted by Gasteiger charge is 2.53. The molecule has 2 saturated carbocycles. The molecule has 1 saturated heterocycles. The van der Waals surface area contributed by atoms with Gasteiger partial charge in [-0.05, 0) is 56.4 Å². The molecule has 7 rings (SSSR count). The minimum Gasteiger partial charge on any atom is -0.394 e. The quantitative estimate of drug-likeness (QED) is 0.220. The number of ether oxygens (including phenoxy) is 1. The smallest absolute Gasteiger partial charge is 0.255 e. The molecule has 0 radical (unpaired) electrons. The number of nitrogens with zero attached hydrogens (tertiary/aromatic N) is 7. The van der Waals surface area contributed by atoms with Gasteiger partial charge in [-0.3, -0.25) is 4.79 Å². The van der Waals surface area contributed by atoms with Crippen LogP contribution in [0.1, 0.15) is 44.2 Å². The predicted octanol–water partition coefficient (Wildman–Crippen LogP) is 1.65. The van der Waals surface area contributed by atoms with Crippen LogP contribution in [0.5, 0.6) is 0 Å². The monoisotopic (exact) mass is 651 g/mol. The average Bonchev–Trinajstić information content (AvgIpc) is 3.55. The number of hydrogen-bond donors (Lipinski definition) is 4. The maximum absolute atomic E-state index is 14.3. The van der Waals surface area contributed by atoms with E-state index in [2.05, 4.69) is 20.6 Å². The van der Waals surface area contributed by atoms with Crippen LogP contribution in [0.2, 0.25) is 0 Å². The molecule has 3 aliphatic rings. The van der Waals surface area contributed by atoms with Gasteiger partial charge >= 0.3 is 0 Å². The molecule has 2 aromatic heterocycles. The molecule has 1 amide bonds. The lowest BCUT2D eigenvalue weighted by atomic mass is 9.85. The molecular weight excluding hydrogens is 616 g/mol. The van der Waals surface area contributed by atoms with Gasteiger partial charge in [-0.2, -0.15) is 0 Å². The van der Waals surface area contributed by atoms with Crippen LogP contribution in [-0.4, -0.2) is 110 Å². The van der Waals surface area contributed by atoms with E-state index in [4.69, 9.17) is 4.74 Å². The molecule has 2 aliphatic carbocycles. The van der Waals surface area contributed by atoms with Gasteiger partial charge in [0.25, 0.3) is 5.91 Å². The van der Waals surface area contributed by atoms with Gasteiger partial charge in [0.05, 0.1) is 37.2 Å². The molecule has 248 valence electrons. The molecule has 8 atom stereocenters. The SMILES string of the molecule is O=C([C@@H]1O[C@H](CO)[C@H](O)[C@H](n2cc(-c3cccc(F)c3)nn2)[C@H]1O)N(C1CC1)[C@@H]1CCC[C@H](n2cc(-c3cccc(F)c3)nn2)[C@H]1O. The largest absolute Gasteiger partial charge is 0.394 e. The first kappa shape index (κ1) is 31.4. The number of halogens is 2. The van der Waals surface area contributed by atoms with E-state index in [0.717, 1.165) is 0 Å². The molecule has 13 nitrogen and oxygen atoms in total. The summed E-state index contributed by atoms with van der Waals surface area (Å²) < 4.78 is 36.3. The Bertz CT molecular complexity index is 1730. The number of hydrogen-bond acceptors (Lipinski definition) is 10. The first-order chi connectivity index (χ1) is 22.7. The van der Waals surface area contributed by atoms with E-state index in [-0.39, 0.29) is 11.7 Å². The second-order valence-electron chi connectivity index (χ2n) is 12.5. The van der Waals surface area contributed by atoms with E-state index < -0.39 is 72.8 Å². The summed E-state index contributed by atoms with van der Waals surface area (Å²) in [7, 11) is 0. The van der Waals surface area contributed by atoms with Crippen molar-refractivity contribution in [1.29, 1.82) is 0 Å². The Kier molecular flexibility index (Phi) is 8.57. The van der Waals surface area contributed by atoms with Crippen molar-refractivity contribution in [3.05, 3.63) is 72.6 Å². The number of amides is 1. The summed E-state index contributed by atoms with van der Waals surface area (Å²) in [6.45, 7) is -0.642. The van der Waals surface area contributed by atoms with Crippen LogP contribution < -0.4 is 0 Å². The van der Waals surface area contributed by atoms with Gasteiger partial charge in [0.1, 0.15) is 47.4 Å². The zero-order valence-corrected chi connectivity index (χ0v) is 25.2. The Hall–Kier alpha value is -4.15. The van der Waals surface area contributed by atoms with Gasteiger partial charge in [-0.15, -0.1) is 10.2 Å². The molecule has 4 aromatic rings. The Balaban J connectivity index is 1.14. The normalized spacial score (nSPS) is 29.5. The lowest BCUT2D eigenvalue weighted by molar-refractivity contribution is -0.214. The van der Waals surface area contributed by atoms with Crippen molar-refractivity contribution in [1.82, 2.24) is 34.9 Å². The maximum Gasteiger partial charge on any atom is 0.255 e. The number of carbonyl (C=O) groups is 1. The van der Waals surface area contributed by atoms with Crippen molar-refractivity contribution in [2.45, 2.75) is 86.8 Å². The van der Waals surface area contributed by atoms with E-state index in [1.807, 2.05) is 0 Å². The van der Waals surface area contributed by atoms with Crippen LogP contribution in [-0.2, 0) is 9.53 Å². The molecule has 1 aliphatic heterocycles. The third kappa shape index (κ3) is 6.05. The molecule has 0 bridgehead atoms. The first-order valence-electron chi connectivity index (χ1n) is 15.7. The highest BCUT2D eigenvalue weighted by Crippen LogP contribution is 2.40. The van der Waals surface area contributed by atoms with Gasteiger partial charge in [0.15, 0.2) is 6.10 Å². The average molecular weight is 652 g/mol. The molecule has 0 spiro atoms. The molecule has 2 aromatic carbocycles. The zero-order chi connectivity index (χ0) is 32.8. The summed E-state index contributed by atoms with van der Waals surface area (Å²) >= 11 is 0. The Morgan fingerprint density at radius 3 is 2.06 bits per heavy atom. The highest BCUT2D eigenvalue weighted by molar-refractivity contribution is 5.83. The fourth-order valence-electron chi connectivity index (χ4n) is 6.88. The van der Waals surface area contributed by atoms with Crippen molar-refractivity contribution in [2.75, 3.05) is 6.61 Å². The van der Waals surface area contributed by atoms with Gasteiger partial charge in [0.2, 0.25) is 0 Å². The summed E-state index contributed by atoms with van der Waals surface area (Å²) in [5.41, 5.74) is 1.70. The van der Waals surface area contributed by atoms with Crippen LogP contribution in [0.25, 0.3) is 22.5 Å². The standard InChI is InChI=1S/C32H35F2N7O6/c33-19-6-1-4-17(12-19)22-14-39(37-35-22)24-8-3-9-25(28(24)43)41(21-10-11-21)32(46)31-30(45)27(29(44)26(16-42)47-31)40-15-23(36-38-40)18-5-2-7-20(34)13-18/h1-2,4-7,12-15,21,24-31,42-45H,3,8-11,16H2/t24-,25+,26+,27-,28+,29-,30+,31+/m0/s1.